The molecular formula is C70H90IN18O14+. The molecule has 0 aromatic heterocycles. The van der Waals surface area contributed by atoms with Crippen molar-refractivity contribution in [2.45, 2.75) is 138 Å². The van der Waals surface area contributed by atoms with Crippen molar-refractivity contribution < 1.29 is 73.1 Å². The van der Waals surface area contributed by atoms with Crippen LogP contribution in [0.3, 0.4) is 0 Å². The Hall–Kier alpha value is -11.2. The van der Waals surface area contributed by atoms with Gasteiger partial charge in [-0.15, -0.1) is 0 Å². The summed E-state index contributed by atoms with van der Waals surface area (Å²) in [5.74, 6) is -10.6. The molecule has 5 aromatic carbocycles. The van der Waals surface area contributed by atoms with Gasteiger partial charge in [0.25, 0.3) is 5.91 Å². The molecule has 32 nitrogen and oxygen atoms in total. The third kappa shape index (κ3) is 26.3. The number of carbonyl (C=O) groups excluding carboxylic acids is 12. The predicted octanol–water partition coefficient (Wildman–Crippen LogP) is -2.35. The van der Waals surface area contributed by atoms with Crippen molar-refractivity contribution in [3.63, 3.8) is 0 Å². The summed E-state index contributed by atoms with van der Waals surface area (Å²) >= 11 is 1.89. The standard InChI is InChI=1S/C70H89IN18O14/c1-103-45-25-20-41(21-26-45)36-52(86-61(95)47(72)34-40-18-23-44(24-19-40)59(93)43-13-6-3-7-14-43)65(99)87-53(35-39-11-4-2-5-12-39)64(98)82-49(27-29-57(73)91)63(97)88-54(38-58(74)92)66(100)84-50(16-9-31-81-70(78)79)68(102)89-32-10-17-55(89)67(101)83-48(15-8-30-80-69(76)77)62(96)85-51(60(75)94)37-42-22-28-56(90)46(71)33-42/h2-7,11-14,18-26,28,33,47-55,90H,8-10,15-17,27,29-32,34-38,72H2,1H3,(H2,73,91)(H2,74,92)(H2,75,94)(H,82,98)(H,83,101)(H,84,100)(H,85,96)(H,86,95)(H,87,99)(H,88,97)(H4,76,77,80)(H4,78,79,81)/p+1/t47?,48-,49-,50-,51-,52+,53-,54-,55+/m0/s1. The molecule has 0 bridgehead atoms. The number of aromatic hydroxyl groups is 1. The van der Waals surface area contributed by atoms with Gasteiger partial charge in [0.15, 0.2) is 23.7 Å². The summed E-state index contributed by atoms with van der Waals surface area (Å²) in [6, 6.07) is 22.2. The summed E-state index contributed by atoms with van der Waals surface area (Å²) in [7, 11) is 1.48. The number of halogens is 1. The first-order chi connectivity index (χ1) is 49.1. The molecule has 1 aliphatic rings. The Labute approximate surface area is 607 Å². The molecule has 1 fully saturated rings. The number of guanidine groups is 2. The summed E-state index contributed by atoms with van der Waals surface area (Å²) < 4.78 is 5.80. The Morgan fingerprint density at radius 3 is 1.54 bits per heavy atom. The quantitative estimate of drug-likeness (QED) is 0.00642. The van der Waals surface area contributed by atoms with Gasteiger partial charge in [0.2, 0.25) is 59.1 Å². The van der Waals surface area contributed by atoms with Gasteiger partial charge >= 0.3 is 0 Å². The summed E-state index contributed by atoms with van der Waals surface area (Å²) in [5.41, 5.74) is 35.3. The molecule has 0 aliphatic carbocycles. The number of ether oxygens (including phenoxy) is 1. The molecule has 0 radical (unpaired) electrons. The molecule has 11 amide bonds. The lowest BCUT2D eigenvalue weighted by molar-refractivity contribution is -0.403. The van der Waals surface area contributed by atoms with Crippen LogP contribution in [-0.2, 0) is 78.4 Å². The molecule has 1 heterocycles. The molecule has 6 rings (SSSR count). The van der Waals surface area contributed by atoms with Gasteiger partial charge in [-0.3, -0.25) is 68.4 Å². The molecule has 103 heavy (non-hydrogen) atoms. The number of carbonyl (C=O) groups is 12. The van der Waals surface area contributed by atoms with E-state index in [2.05, 4.69) is 53.6 Å². The van der Waals surface area contributed by atoms with Gasteiger partial charge < -0.3 is 97.0 Å². The SMILES string of the molecule is COc1ccc(C[C@@H](NC(=O)C([NH3+])Cc2ccc(C(=O)c3ccccc3)cc2)C(=O)N[C@@H](Cc2ccccc2)C(=O)N[C@@H](CCC(N)=O)C(=O)N[C@@H](CC(N)=O)C(=O)N[C@@H](CCCNC(=N)N)C(=O)N2CCC[C@@H]2C(=O)N[C@@H](CCCNC(=N)N)C(=O)N[C@@H](Cc2ccc(O)c(I)c2)C(N)=O)cc1. The van der Waals surface area contributed by atoms with Gasteiger partial charge in [-0.05, 0) is 114 Å². The van der Waals surface area contributed by atoms with Gasteiger partial charge in [-0.25, -0.2) is 0 Å². The second-order valence-corrected chi connectivity index (χ2v) is 25.8. The first-order valence-electron chi connectivity index (χ1n) is 33.2. The van der Waals surface area contributed by atoms with Crippen molar-refractivity contribution in [2.75, 3.05) is 26.7 Å². The highest BCUT2D eigenvalue weighted by molar-refractivity contribution is 14.1. The van der Waals surface area contributed by atoms with Crippen LogP contribution in [0.1, 0.15) is 96.0 Å². The van der Waals surface area contributed by atoms with E-state index in [0.717, 1.165) is 0 Å². The number of quaternary nitrogens is 1. The topological polar surface area (TPSA) is 551 Å². The normalized spacial score (nSPS) is 14.7. The lowest BCUT2D eigenvalue weighted by Crippen LogP contribution is -2.70. The number of likely N-dealkylation sites (tertiary alicyclic amines) is 1. The van der Waals surface area contributed by atoms with E-state index in [1.54, 1.807) is 121 Å². The molecule has 1 unspecified atom stereocenters. The average Bonchev–Trinajstić information content (AvgIpc) is 1.76. The summed E-state index contributed by atoms with van der Waals surface area (Å²) in [5, 5.41) is 48.9. The van der Waals surface area contributed by atoms with Crippen LogP contribution in [0.2, 0.25) is 0 Å². The number of benzene rings is 5. The van der Waals surface area contributed by atoms with E-state index in [9.17, 15) is 62.6 Å². The number of nitrogens with two attached hydrogens (primary N) is 5. The van der Waals surface area contributed by atoms with Crippen LogP contribution in [0.25, 0.3) is 0 Å². The number of phenols is 1. The molecule has 25 N–H and O–H groups in total. The second kappa shape index (κ2) is 40.3. The molecule has 5 aromatic rings. The Morgan fingerprint density at radius 2 is 0.990 bits per heavy atom. The molecule has 9 atom stereocenters. The van der Waals surface area contributed by atoms with Gasteiger partial charge in [-0.2, -0.15) is 0 Å². The van der Waals surface area contributed by atoms with Crippen LogP contribution < -0.4 is 87.0 Å². The number of amides is 11. The highest BCUT2D eigenvalue weighted by Crippen LogP contribution is 2.24. The maximum atomic E-state index is 14.9. The first-order valence-corrected chi connectivity index (χ1v) is 34.3. The minimum absolute atomic E-state index is 0.00681. The van der Waals surface area contributed by atoms with Gasteiger partial charge in [0.1, 0.15) is 59.8 Å². The van der Waals surface area contributed by atoms with Crippen LogP contribution in [0.5, 0.6) is 11.5 Å². The van der Waals surface area contributed by atoms with E-state index < -0.39 is 145 Å². The van der Waals surface area contributed by atoms with Crippen molar-refractivity contribution in [3.8, 4) is 11.5 Å². The van der Waals surface area contributed by atoms with Crippen LogP contribution in [0, 0.1) is 14.4 Å². The average molecular weight is 1530 g/mol. The van der Waals surface area contributed by atoms with Crippen molar-refractivity contribution in [1.29, 1.82) is 10.8 Å². The zero-order chi connectivity index (χ0) is 75.3. The number of hydrogen-bond acceptors (Lipinski definition) is 16. The lowest BCUT2D eigenvalue weighted by atomic mass is 9.99. The van der Waals surface area contributed by atoms with Crippen molar-refractivity contribution in [1.82, 2.24) is 52.8 Å². The smallest absolute Gasteiger partial charge is 0.279 e. The molecular weight excluding hydrogens is 1440 g/mol. The Kier molecular flexibility index (Phi) is 31.6. The zero-order valence-electron chi connectivity index (χ0n) is 56.8. The Morgan fingerprint density at radius 1 is 0.534 bits per heavy atom. The van der Waals surface area contributed by atoms with Crippen molar-refractivity contribution >= 4 is 105 Å². The minimum atomic E-state index is -1.89. The largest absolute Gasteiger partial charge is 0.507 e. The second-order valence-electron chi connectivity index (χ2n) is 24.7. The van der Waals surface area contributed by atoms with E-state index in [0.29, 0.717) is 42.7 Å². The minimum Gasteiger partial charge on any atom is -0.507 e. The van der Waals surface area contributed by atoms with Gasteiger partial charge in [-0.1, -0.05) is 103 Å². The lowest BCUT2D eigenvalue weighted by Gasteiger charge is -2.31. The number of methoxy groups -OCH3 is 1. The maximum absolute atomic E-state index is 14.9. The number of nitrogens with zero attached hydrogens (tertiary/aromatic N) is 1. The monoisotopic (exact) mass is 1530 g/mol. The predicted molar refractivity (Wildman–Crippen MR) is 386 cm³/mol. The van der Waals surface area contributed by atoms with E-state index in [1.165, 1.54) is 18.1 Å². The van der Waals surface area contributed by atoms with Crippen molar-refractivity contribution in [2.24, 2.45) is 28.7 Å². The summed E-state index contributed by atoms with van der Waals surface area (Å²) in [6.07, 6.45) is -1.94. The first kappa shape index (κ1) is 80.7. The Balaban J connectivity index is 1.22. The fraction of sp³-hybridized carbons (Fsp3) is 0.371. The number of primary amides is 3. The van der Waals surface area contributed by atoms with Crippen LogP contribution in [0.4, 0.5) is 0 Å². The summed E-state index contributed by atoms with van der Waals surface area (Å²) in [4.78, 5) is 168. The fourth-order valence-corrected chi connectivity index (χ4v) is 11.9. The van der Waals surface area contributed by atoms with Crippen molar-refractivity contribution in [3.05, 3.63) is 164 Å². The molecule has 1 saturated heterocycles. The molecule has 550 valence electrons. The maximum Gasteiger partial charge on any atom is 0.279 e. The molecule has 0 saturated carbocycles. The van der Waals surface area contributed by atoms with Crippen LogP contribution in [-0.4, -0.2) is 174 Å². The van der Waals surface area contributed by atoms with E-state index in [4.69, 9.17) is 44.2 Å². The number of phenolic OH excluding ortho intramolecular Hbond substituents is 1. The van der Waals surface area contributed by atoms with E-state index in [1.807, 2.05) is 22.6 Å². The number of hydrogen-bond donors (Lipinski definition) is 18. The number of nitrogens with one attached hydrogen (secondary N) is 11. The third-order valence-electron chi connectivity index (χ3n) is 16.8. The van der Waals surface area contributed by atoms with Gasteiger partial charge in [0, 0.05) is 62.9 Å². The third-order valence-corrected chi connectivity index (χ3v) is 17.6. The molecule has 0 spiro atoms. The van der Waals surface area contributed by atoms with E-state index >= 15 is 0 Å². The Bertz CT molecular complexity index is 3840. The van der Waals surface area contributed by atoms with E-state index in [-0.39, 0.29) is 101 Å². The highest BCUT2D eigenvalue weighted by Gasteiger charge is 2.41. The van der Waals surface area contributed by atoms with Crippen LogP contribution >= 0.6 is 22.6 Å². The fourth-order valence-electron chi connectivity index (χ4n) is 11.3. The number of ketones is 1. The summed E-state index contributed by atoms with van der Waals surface area (Å²) in [6.45, 7) is 0.0668. The molecule has 33 heteroatoms. The van der Waals surface area contributed by atoms with Crippen LogP contribution in [0.15, 0.2) is 127 Å². The molecule has 1 aliphatic heterocycles. The zero-order valence-corrected chi connectivity index (χ0v) is 59.0. The highest BCUT2D eigenvalue weighted by atomic mass is 127. The van der Waals surface area contributed by atoms with Gasteiger partial charge in [0.05, 0.1) is 17.1 Å². The number of rotatable bonds is 40.